The number of carbonyl (C=O) groups is 2. The number of methoxy groups -OCH3 is 1. The molecular weight excluding hydrogens is 370 g/mol. The molecule has 1 amide bonds. The number of amides is 1. The van der Waals surface area contributed by atoms with E-state index in [2.05, 4.69) is 5.32 Å². The molecule has 0 spiro atoms. The van der Waals surface area contributed by atoms with Gasteiger partial charge in [-0.2, -0.15) is 0 Å². The molecule has 2 aliphatic rings. The van der Waals surface area contributed by atoms with E-state index in [1.54, 1.807) is 26.0 Å². The first-order valence-electron chi connectivity index (χ1n) is 9.00. The van der Waals surface area contributed by atoms with Crippen LogP contribution < -0.4 is 5.32 Å². The number of aliphatic hydroxyl groups is 2. The number of nitrogens with one attached hydrogen (secondary N) is 1. The smallest absolute Gasteiger partial charge is 0.407 e. The van der Waals surface area contributed by atoms with Gasteiger partial charge >= 0.3 is 12.1 Å². The number of aliphatic hydroxyl groups excluding tert-OH is 2. The van der Waals surface area contributed by atoms with Gasteiger partial charge in [0, 0.05) is 0 Å². The van der Waals surface area contributed by atoms with Crippen molar-refractivity contribution in [3.63, 3.8) is 0 Å². The molecule has 1 saturated carbocycles. The lowest BCUT2D eigenvalue weighted by molar-refractivity contribution is -0.173. The normalized spacial score (nSPS) is 33.6. The van der Waals surface area contributed by atoms with Gasteiger partial charge in [0.05, 0.1) is 19.3 Å². The van der Waals surface area contributed by atoms with E-state index >= 15 is 0 Å². The van der Waals surface area contributed by atoms with Gasteiger partial charge in [0.2, 0.25) is 0 Å². The highest BCUT2D eigenvalue weighted by atomic mass is 16.8. The van der Waals surface area contributed by atoms with Crippen LogP contribution in [0.15, 0.2) is 30.3 Å². The summed E-state index contributed by atoms with van der Waals surface area (Å²) in [5, 5.41) is 23.4. The molecule has 9 heteroatoms. The highest BCUT2D eigenvalue weighted by molar-refractivity contribution is 5.76. The maximum absolute atomic E-state index is 12.4. The second kappa shape index (κ2) is 8.04. The number of rotatable bonds is 4. The molecule has 6 atom stereocenters. The monoisotopic (exact) mass is 395 g/mol. The van der Waals surface area contributed by atoms with E-state index in [0.29, 0.717) is 0 Å². The average Bonchev–Trinajstić information content (AvgIpc) is 3.00. The lowest BCUT2D eigenvalue weighted by Crippen LogP contribution is -2.66. The van der Waals surface area contributed by atoms with Crippen molar-refractivity contribution in [1.82, 2.24) is 5.32 Å². The van der Waals surface area contributed by atoms with Gasteiger partial charge < -0.3 is 34.5 Å². The van der Waals surface area contributed by atoms with Crippen molar-refractivity contribution in [2.45, 2.75) is 56.7 Å². The standard InChI is InChI=1S/C19H25NO8/c1-19(2)27-15-12(20-18(24)26-9-10-7-5-4-6-8-10)11(17(23)25-3)13(21)14(22)16(15)28-19/h4-8,11-16,21-22H,9H2,1-3H3,(H,20,24)/t11-,12-,13-,14+,15+,16-/m1/s1. The molecule has 0 radical (unpaired) electrons. The molecule has 1 saturated heterocycles. The molecule has 1 aromatic carbocycles. The van der Waals surface area contributed by atoms with Gasteiger partial charge in [0.15, 0.2) is 5.79 Å². The summed E-state index contributed by atoms with van der Waals surface area (Å²) in [4.78, 5) is 24.6. The fraction of sp³-hybridized carbons (Fsp3) is 0.579. The second-order valence-corrected chi connectivity index (χ2v) is 7.33. The van der Waals surface area contributed by atoms with Crippen LogP contribution in [0, 0.1) is 5.92 Å². The fourth-order valence-corrected chi connectivity index (χ4v) is 3.68. The molecule has 3 rings (SSSR count). The third kappa shape index (κ3) is 4.12. The summed E-state index contributed by atoms with van der Waals surface area (Å²) in [6.07, 6.45) is -5.48. The zero-order valence-electron chi connectivity index (χ0n) is 15.9. The number of esters is 1. The Bertz CT molecular complexity index is 709. The molecule has 1 aliphatic carbocycles. The molecule has 154 valence electrons. The van der Waals surface area contributed by atoms with Crippen molar-refractivity contribution in [3.8, 4) is 0 Å². The summed E-state index contributed by atoms with van der Waals surface area (Å²) in [5.74, 6) is -3.09. The zero-order chi connectivity index (χ0) is 20.5. The summed E-state index contributed by atoms with van der Waals surface area (Å²) < 4.78 is 21.4. The fourth-order valence-electron chi connectivity index (χ4n) is 3.68. The van der Waals surface area contributed by atoms with Crippen molar-refractivity contribution in [3.05, 3.63) is 35.9 Å². The van der Waals surface area contributed by atoms with E-state index in [-0.39, 0.29) is 6.61 Å². The summed E-state index contributed by atoms with van der Waals surface area (Å²) in [6, 6.07) is 8.08. The molecule has 1 aromatic rings. The Morgan fingerprint density at radius 1 is 1.11 bits per heavy atom. The largest absolute Gasteiger partial charge is 0.469 e. The van der Waals surface area contributed by atoms with E-state index < -0.39 is 54.2 Å². The zero-order valence-corrected chi connectivity index (χ0v) is 15.9. The minimum absolute atomic E-state index is 0.0322. The van der Waals surface area contributed by atoms with Crippen molar-refractivity contribution in [2.75, 3.05) is 7.11 Å². The molecule has 1 aliphatic heterocycles. The first kappa shape index (κ1) is 20.5. The number of carbonyl (C=O) groups excluding carboxylic acids is 2. The van der Waals surface area contributed by atoms with Crippen molar-refractivity contribution < 1.29 is 38.7 Å². The van der Waals surface area contributed by atoms with Gasteiger partial charge in [0.1, 0.15) is 30.8 Å². The predicted molar refractivity (Wildman–Crippen MR) is 94.9 cm³/mol. The van der Waals surface area contributed by atoms with E-state index in [1.807, 2.05) is 18.2 Å². The van der Waals surface area contributed by atoms with Crippen molar-refractivity contribution in [1.29, 1.82) is 0 Å². The first-order valence-corrected chi connectivity index (χ1v) is 9.00. The molecule has 9 nitrogen and oxygen atoms in total. The topological polar surface area (TPSA) is 124 Å². The summed E-state index contributed by atoms with van der Waals surface area (Å²) in [6.45, 7) is 3.31. The van der Waals surface area contributed by atoms with Gasteiger partial charge in [-0.1, -0.05) is 30.3 Å². The number of ether oxygens (including phenoxy) is 4. The number of alkyl carbamates (subject to hydrolysis) is 1. The Balaban J connectivity index is 1.77. The SMILES string of the molecule is COC(=O)[C@H]1[C@@H](O)[C@H](O)[C@H]2OC(C)(C)O[C@H]2[C@@H]1NC(=O)OCc1ccccc1. The number of fused-ring (bicyclic) bond motifs is 1. The first-order chi connectivity index (χ1) is 13.2. The van der Waals surface area contributed by atoms with Crippen LogP contribution in [0.25, 0.3) is 0 Å². The van der Waals surface area contributed by atoms with E-state index in [1.165, 1.54) is 0 Å². The van der Waals surface area contributed by atoms with E-state index in [0.717, 1.165) is 12.7 Å². The molecule has 3 N–H and O–H groups in total. The molecule has 28 heavy (non-hydrogen) atoms. The van der Waals surface area contributed by atoms with Crippen molar-refractivity contribution in [2.24, 2.45) is 5.92 Å². The Kier molecular flexibility index (Phi) is 5.90. The Labute approximate surface area is 162 Å². The molecule has 1 heterocycles. The molecule has 0 unspecified atom stereocenters. The van der Waals surface area contributed by atoms with Gasteiger partial charge in [-0.15, -0.1) is 0 Å². The minimum atomic E-state index is -1.51. The maximum atomic E-state index is 12.4. The van der Waals surface area contributed by atoms with E-state index in [9.17, 15) is 19.8 Å². The lowest BCUT2D eigenvalue weighted by Gasteiger charge is -2.42. The highest BCUT2D eigenvalue weighted by Crippen LogP contribution is 2.40. The number of hydrogen-bond acceptors (Lipinski definition) is 8. The number of benzene rings is 1. The highest BCUT2D eigenvalue weighted by Gasteiger charge is 2.60. The van der Waals surface area contributed by atoms with E-state index in [4.69, 9.17) is 18.9 Å². The Hall–Kier alpha value is -2.20. The van der Waals surface area contributed by atoms with Crippen LogP contribution in [-0.2, 0) is 30.3 Å². The summed E-state index contributed by atoms with van der Waals surface area (Å²) in [7, 11) is 1.16. The van der Waals surface area contributed by atoms with Gasteiger partial charge in [-0.05, 0) is 19.4 Å². The molecular formula is C19H25NO8. The van der Waals surface area contributed by atoms with Crippen LogP contribution in [0.5, 0.6) is 0 Å². The second-order valence-electron chi connectivity index (χ2n) is 7.33. The van der Waals surface area contributed by atoms with Crippen LogP contribution in [0.3, 0.4) is 0 Å². The quantitative estimate of drug-likeness (QED) is 0.623. The van der Waals surface area contributed by atoms with Gasteiger partial charge in [-0.3, -0.25) is 4.79 Å². The van der Waals surface area contributed by atoms with Gasteiger partial charge in [0.25, 0.3) is 0 Å². The lowest BCUT2D eigenvalue weighted by atomic mass is 9.77. The van der Waals surface area contributed by atoms with Crippen LogP contribution >= 0.6 is 0 Å². The van der Waals surface area contributed by atoms with Crippen LogP contribution in [0.4, 0.5) is 4.79 Å². The Morgan fingerprint density at radius 3 is 2.39 bits per heavy atom. The van der Waals surface area contributed by atoms with Crippen LogP contribution in [0.1, 0.15) is 19.4 Å². The maximum Gasteiger partial charge on any atom is 0.407 e. The predicted octanol–water partition coefficient (Wildman–Crippen LogP) is 0.326. The van der Waals surface area contributed by atoms with Gasteiger partial charge in [-0.25, -0.2) is 4.79 Å². The summed E-state index contributed by atoms with van der Waals surface area (Å²) in [5.41, 5.74) is 0.792. The Morgan fingerprint density at radius 2 is 1.75 bits per heavy atom. The van der Waals surface area contributed by atoms with Crippen LogP contribution in [0.2, 0.25) is 0 Å². The third-order valence-corrected chi connectivity index (χ3v) is 4.93. The molecule has 0 bridgehead atoms. The minimum Gasteiger partial charge on any atom is -0.469 e. The third-order valence-electron chi connectivity index (χ3n) is 4.93. The average molecular weight is 395 g/mol. The summed E-state index contributed by atoms with van der Waals surface area (Å²) >= 11 is 0. The molecule has 2 fully saturated rings. The van der Waals surface area contributed by atoms with Crippen LogP contribution in [-0.4, -0.2) is 65.6 Å². The van der Waals surface area contributed by atoms with Crippen molar-refractivity contribution >= 4 is 12.1 Å². The number of hydrogen-bond donors (Lipinski definition) is 3. The molecule has 0 aromatic heterocycles.